The van der Waals surface area contributed by atoms with Gasteiger partial charge in [0, 0.05) is 42.0 Å². The molecule has 0 unspecified atom stereocenters. The van der Waals surface area contributed by atoms with Crippen LogP contribution in [0.5, 0.6) is 0 Å². The molecule has 2 nitrogen and oxygen atoms in total. The van der Waals surface area contributed by atoms with Crippen molar-refractivity contribution in [2.24, 2.45) is 0 Å². The number of nitrogens with zero attached hydrogens (tertiary/aromatic N) is 1. The maximum Gasteiger partial charge on any atom is 0.145 e. The number of hydrogen-bond donors (Lipinski definition) is 0. The van der Waals surface area contributed by atoms with Gasteiger partial charge in [-0.15, -0.1) is 11.3 Å². The molecule has 0 fully saturated rings. The lowest BCUT2D eigenvalue weighted by Crippen LogP contribution is -1.94. The second-order valence-corrected chi connectivity index (χ2v) is 12.8. The quantitative estimate of drug-likeness (QED) is 0.200. The van der Waals surface area contributed by atoms with Gasteiger partial charge in [-0.25, -0.2) is 0 Å². The second kappa shape index (κ2) is 9.43. The molecule has 0 saturated carbocycles. The summed E-state index contributed by atoms with van der Waals surface area (Å²) in [7, 11) is 0. The van der Waals surface area contributed by atoms with Gasteiger partial charge in [0.25, 0.3) is 0 Å². The number of furan rings is 1. The van der Waals surface area contributed by atoms with Gasteiger partial charge in [-0.1, -0.05) is 103 Å². The molecule has 45 heavy (non-hydrogen) atoms. The van der Waals surface area contributed by atoms with E-state index < -0.39 is 0 Å². The first-order valence-corrected chi connectivity index (χ1v) is 16.1. The second-order valence-electron chi connectivity index (χ2n) is 11.7. The summed E-state index contributed by atoms with van der Waals surface area (Å²) < 4.78 is 11.6. The number of fused-ring (bicyclic) bond motifs is 10. The molecule has 0 spiro atoms. The molecule has 3 heterocycles. The summed E-state index contributed by atoms with van der Waals surface area (Å²) >= 11 is 1.88. The van der Waals surface area contributed by atoms with E-state index >= 15 is 0 Å². The summed E-state index contributed by atoms with van der Waals surface area (Å²) in [5.74, 6) is 0. The first-order chi connectivity index (χ1) is 22.3. The summed E-state index contributed by atoms with van der Waals surface area (Å²) in [6.07, 6.45) is 0. The molecule has 3 heteroatoms. The van der Waals surface area contributed by atoms with Crippen LogP contribution < -0.4 is 0 Å². The zero-order valence-electron chi connectivity index (χ0n) is 24.2. The predicted molar refractivity (Wildman–Crippen MR) is 192 cm³/mol. The van der Waals surface area contributed by atoms with Crippen molar-refractivity contribution in [1.29, 1.82) is 0 Å². The fourth-order valence-corrected chi connectivity index (χ4v) is 8.42. The van der Waals surface area contributed by atoms with Crippen LogP contribution in [0, 0.1) is 0 Å². The SMILES string of the molecule is c1cc(-c2cccc(-n3c4ccccc4c4c5oc6ccccc6c5ccc43)c2)cc(-c2cccc3c2sc2ccccc23)c1. The highest BCUT2D eigenvalue weighted by atomic mass is 32.1. The van der Waals surface area contributed by atoms with E-state index in [1.165, 1.54) is 53.3 Å². The van der Waals surface area contributed by atoms with Crippen molar-refractivity contribution < 1.29 is 4.42 Å². The summed E-state index contributed by atoms with van der Waals surface area (Å²) in [6.45, 7) is 0. The van der Waals surface area contributed by atoms with Gasteiger partial charge in [0.15, 0.2) is 0 Å². The molecule has 0 aliphatic rings. The molecule has 0 aliphatic carbocycles. The van der Waals surface area contributed by atoms with Crippen LogP contribution in [-0.4, -0.2) is 4.57 Å². The van der Waals surface area contributed by atoms with E-state index in [2.05, 4.69) is 150 Å². The zero-order valence-corrected chi connectivity index (χ0v) is 25.0. The fraction of sp³-hybridized carbons (Fsp3) is 0. The Morgan fingerprint density at radius 1 is 0.467 bits per heavy atom. The molecule has 0 aliphatic heterocycles. The number of benzene rings is 7. The molecule has 0 radical (unpaired) electrons. The van der Waals surface area contributed by atoms with E-state index in [0.717, 1.165) is 38.5 Å². The molecule has 210 valence electrons. The minimum absolute atomic E-state index is 0.921. The molecule has 10 aromatic rings. The van der Waals surface area contributed by atoms with Gasteiger partial charge in [0.05, 0.1) is 16.4 Å². The van der Waals surface area contributed by atoms with Gasteiger partial charge < -0.3 is 8.98 Å². The van der Waals surface area contributed by atoms with Gasteiger partial charge in [-0.3, -0.25) is 0 Å². The smallest absolute Gasteiger partial charge is 0.145 e. The lowest BCUT2D eigenvalue weighted by molar-refractivity contribution is 0.673. The lowest BCUT2D eigenvalue weighted by atomic mass is 9.97. The normalized spacial score (nSPS) is 12.0. The topological polar surface area (TPSA) is 18.1 Å². The highest BCUT2D eigenvalue weighted by Crippen LogP contribution is 2.42. The maximum absolute atomic E-state index is 6.51. The van der Waals surface area contributed by atoms with Crippen LogP contribution in [0.1, 0.15) is 0 Å². The highest BCUT2D eigenvalue weighted by Gasteiger charge is 2.19. The molecule has 7 aromatic carbocycles. The van der Waals surface area contributed by atoms with Crippen molar-refractivity contribution in [1.82, 2.24) is 4.57 Å². The minimum Gasteiger partial charge on any atom is -0.455 e. The van der Waals surface area contributed by atoms with Crippen molar-refractivity contribution >= 4 is 75.3 Å². The molecule has 0 saturated heterocycles. The highest BCUT2D eigenvalue weighted by molar-refractivity contribution is 7.26. The number of para-hydroxylation sites is 2. The molecule has 0 atom stereocenters. The van der Waals surface area contributed by atoms with E-state index in [0.29, 0.717) is 0 Å². The summed E-state index contributed by atoms with van der Waals surface area (Å²) in [4.78, 5) is 0. The predicted octanol–water partition coefficient (Wildman–Crippen LogP) is 12.4. The van der Waals surface area contributed by atoms with Crippen molar-refractivity contribution in [2.45, 2.75) is 0 Å². The number of aromatic nitrogens is 1. The van der Waals surface area contributed by atoms with E-state index in [1.807, 2.05) is 17.4 Å². The van der Waals surface area contributed by atoms with Crippen molar-refractivity contribution in [2.75, 3.05) is 0 Å². The molecule has 10 rings (SSSR count). The number of rotatable bonds is 3. The van der Waals surface area contributed by atoms with Crippen molar-refractivity contribution in [3.8, 4) is 27.9 Å². The van der Waals surface area contributed by atoms with Gasteiger partial charge in [-0.2, -0.15) is 0 Å². The van der Waals surface area contributed by atoms with Gasteiger partial charge >= 0.3 is 0 Å². The van der Waals surface area contributed by atoms with Crippen LogP contribution in [0.3, 0.4) is 0 Å². The van der Waals surface area contributed by atoms with Crippen LogP contribution in [0.2, 0.25) is 0 Å². The molecular weight excluding hydrogens is 567 g/mol. The first-order valence-electron chi connectivity index (χ1n) is 15.3. The third-order valence-electron chi connectivity index (χ3n) is 9.20. The van der Waals surface area contributed by atoms with Crippen LogP contribution in [0.25, 0.3) is 91.9 Å². The Kier molecular flexibility index (Phi) is 5.19. The lowest BCUT2D eigenvalue weighted by Gasteiger charge is -2.11. The van der Waals surface area contributed by atoms with Gasteiger partial charge in [-0.05, 0) is 70.8 Å². The number of hydrogen-bond acceptors (Lipinski definition) is 2. The Morgan fingerprint density at radius 3 is 2.11 bits per heavy atom. The first kappa shape index (κ1) is 24.8. The van der Waals surface area contributed by atoms with Crippen LogP contribution in [0.15, 0.2) is 156 Å². The maximum atomic E-state index is 6.51. The van der Waals surface area contributed by atoms with Crippen LogP contribution >= 0.6 is 11.3 Å². The van der Waals surface area contributed by atoms with E-state index in [-0.39, 0.29) is 0 Å². The average Bonchev–Trinajstić information content (AvgIpc) is 3.78. The Balaban J connectivity index is 1.15. The average molecular weight is 592 g/mol. The Hall–Kier alpha value is -5.64. The Labute approximate surface area is 263 Å². The summed E-state index contributed by atoms with van der Waals surface area (Å²) in [6, 6.07) is 54.7. The van der Waals surface area contributed by atoms with Crippen molar-refractivity contribution in [3.05, 3.63) is 152 Å². The molecule has 0 N–H and O–H groups in total. The van der Waals surface area contributed by atoms with E-state index in [4.69, 9.17) is 4.42 Å². The van der Waals surface area contributed by atoms with Gasteiger partial charge in [0.2, 0.25) is 0 Å². The van der Waals surface area contributed by atoms with E-state index in [9.17, 15) is 0 Å². The molecule has 0 amide bonds. The van der Waals surface area contributed by atoms with Gasteiger partial charge in [0.1, 0.15) is 11.2 Å². The largest absolute Gasteiger partial charge is 0.455 e. The summed E-state index contributed by atoms with van der Waals surface area (Å²) in [5, 5.41) is 7.31. The molecule has 3 aromatic heterocycles. The Morgan fingerprint density at radius 2 is 1.18 bits per heavy atom. The zero-order chi connectivity index (χ0) is 29.5. The van der Waals surface area contributed by atoms with Crippen molar-refractivity contribution in [3.63, 3.8) is 0 Å². The molecular formula is C42H25NOS. The third kappa shape index (κ3) is 3.62. The van der Waals surface area contributed by atoms with Crippen LogP contribution in [0.4, 0.5) is 0 Å². The standard InChI is InChI=1S/C42H25NOS/c1-4-19-36-35(16-1)40-37(23-22-33-31-14-2-5-20-38(31)44-41(33)40)43(36)29-13-8-11-27(25-29)26-10-7-12-28(24-26)30-17-9-18-34-32-15-3-6-21-39(32)45-42(30)34/h1-25H. The summed E-state index contributed by atoms with van der Waals surface area (Å²) in [5.41, 5.74) is 10.2. The Bertz CT molecular complexity index is 2770. The van der Waals surface area contributed by atoms with E-state index in [1.54, 1.807) is 0 Å². The van der Waals surface area contributed by atoms with Crippen LogP contribution in [-0.2, 0) is 0 Å². The minimum atomic E-state index is 0.921. The molecule has 0 bridgehead atoms. The fourth-order valence-electron chi connectivity index (χ4n) is 7.18. The monoisotopic (exact) mass is 591 g/mol. The third-order valence-corrected chi connectivity index (χ3v) is 10.4. The number of thiophene rings is 1.